The highest BCUT2D eigenvalue weighted by atomic mass is 16.5. The molecule has 0 radical (unpaired) electrons. The van der Waals surface area contributed by atoms with Crippen LogP contribution in [0.25, 0.3) is 0 Å². The number of ketones is 1. The molecule has 0 amide bonds. The summed E-state index contributed by atoms with van der Waals surface area (Å²) >= 11 is 0. The maximum atomic E-state index is 13.2. The smallest absolute Gasteiger partial charge is 0.252 e. The average Bonchev–Trinajstić information content (AvgIpc) is 3.96. The number of nitrogens with one attached hydrogen (secondary N) is 1. The molecule has 5 heterocycles. The number of nitrogens with two attached hydrogens (primary N) is 1. The number of benzene rings is 2. The third-order valence-electron chi connectivity index (χ3n) is 14.2. The van der Waals surface area contributed by atoms with Crippen molar-refractivity contribution in [2.24, 2.45) is 38.9 Å². The van der Waals surface area contributed by atoms with Crippen LogP contribution in [0, 0.1) is 47.0 Å². The van der Waals surface area contributed by atoms with Crippen molar-refractivity contribution < 1.29 is 39.6 Å². The summed E-state index contributed by atoms with van der Waals surface area (Å²) in [6.45, 7) is 2.63. The Kier molecular flexibility index (Phi) is 9.66. The minimum Gasteiger partial charge on any atom is -0.508 e. The van der Waals surface area contributed by atoms with E-state index in [0.717, 1.165) is 77.0 Å². The molecule has 1 saturated carbocycles. The maximum Gasteiger partial charge on any atom is 0.252 e. The molecule has 59 heavy (non-hydrogen) atoms. The van der Waals surface area contributed by atoms with Gasteiger partial charge < -0.3 is 35.6 Å². The lowest BCUT2D eigenvalue weighted by atomic mass is 9.68. The third-order valence-corrected chi connectivity index (χ3v) is 14.2. The average molecular weight is 796 g/mol. The minimum atomic E-state index is -1.08. The first-order valence-electron chi connectivity index (χ1n) is 21.3. The maximum absolute atomic E-state index is 13.2. The number of quaternary nitrogens is 1. The zero-order chi connectivity index (χ0) is 40.6. The molecular weight excluding hydrogens is 745 g/mol. The van der Waals surface area contributed by atoms with Crippen LogP contribution in [0.3, 0.4) is 0 Å². The molecule has 11 nitrogen and oxygen atoms in total. The van der Waals surface area contributed by atoms with Gasteiger partial charge in [0.2, 0.25) is 0 Å². The predicted octanol–water partition coefficient (Wildman–Crippen LogP) is 4.33. The highest BCUT2D eigenvalue weighted by molar-refractivity contribution is 5.89. The van der Waals surface area contributed by atoms with Crippen LogP contribution in [-0.4, -0.2) is 63.6 Å². The van der Waals surface area contributed by atoms with Crippen LogP contribution in [0.15, 0.2) is 69.4 Å². The summed E-state index contributed by atoms with van der Waals surface area (Å²) in [5.41, 5.74) is 13.7. The second-order valence-electron chi connectivity index (χ2n) is 17.9. The molecule has 10 rings (SSSR count). The van der Waals surface area contributed by atoms with Crippen LogP contribution in [0.2, 0.25) is 0 Å². The first kappa shape index (κ1) is 38.2. The van der Waals surface area contributed by atoms with Crippen molar-refractivity contribution in [1.82, 2.24) is 0 Å². The fourth-order valence-corrected chi connectivity index (χ4v) is 11.1. The Morgan fingerprint density at radius 3 is 2.75 bits per heavy atom. The summed E-state index contributed by atoms with van der Waals surface area (Å²) in [6, 6.07) is 7.22. The number of allylic oxidation sites excluding steroid dienone is 2. The lowest BCUT2D eigenvalue weighted by Gasteiger charge is -2.38. The number of nitrogens with zero attached hydrogens (tertiary/aromatic N) is 2. The van der Waals surface area contributed by atoms with E-state index in [9.17, 15) is 25.2 Å². The van der Waals surface area contributed by atoms with E-state index in [2.05, 4.69) is 35.1 Å². The van der Waals surface area contributed by atoms with E-state index in [1.54, 1.807) is 6.07 Å². The number of carbonyl (C=O) groups is 1. The quantitative estimate of drug-likeness (QED) is 0.186. The van der Waals surface area contributed by atoms with Gasteiger partial charge in [-0.05, 0) is 83.9 Å². The number of aliphatic imine (C=N–C) groups is 2. The van der Waals surface area contributed by atoms with E-state index < -0.39 is 48.0 Å². The van der Waals surface area contributed by atoms with E-state index >= 15 is 0 Å². The Morgan fingerprint density at radius 1 is 1.08 bits per heavy atom. The first-order chi connectivity index (χ1) is 28.6. The highest BCUT2D eigenvalue weighted by Crippen LogP contribution is 2.51. The van der Waals surface area contributed by atoms with Crippen LogP contribution < -0.4 is 20.1 Å². The number of carbonyl (C=O) groups excluding carboxylic acids is 1. The molecule has 1 spiro atoms. The Hall–Kier alpha value is -5.01. The number of hydrogen-bond donors (Lipinski definition) is 6. The molecule has 304 valence electrons. The van der Waals surface area contributed by atoms with Crippen molar-refractivity contribution >= 4 is 18.2 Å². The minimum absolute atomic E-state index is 0.00967. The number of phenols is 1. The molecule has 8 aliphatic rings. The Morgan fingerprint density at radius 2 is 1.92 bits per heavy atom. The zero-order valence-corrected chi connectivity index (χ0v) is 33.2. The summed E-state index contributed by atoms with van der Waals surface area (Å²) < 4.78 is 13.2. The first-order valence-corrected chi connectivity index (χ1v) is 21.3. The molecular formula is C48H51N4O7+. The summed E-state index contributed by atoms with van der Waals surface area (Å²) in [5, 5.41) is 44.8. The van der Waals surface area contributed by atoms with Gasteiger partial charge >= 0.3 is 0 Å². The molecule has 11 atom stereocenters. The van der Waals surface area contributed by atoms with Crippen LogP contribution in [0.1, 0.15) is 117 Å². The summed E-state index contributed by atoms with van der Waals surface area (Å²) in [7, 11) is 0. The molecule has 11 heteroatoms. The van der Waals surface area contributed by atoms with Crippen LogP contribution in [0.4, 0.5) is 0 Å². The zero-order valence-electron chi connectivity index (χ0n) is 33.2. The second-order valence-corrected chi connectivity index (χ2v) is 17.9. The Balaban J connectivity index is 1.02. The molecule has 2 aromatic carbocycles. The fourth-order valence-electron chi connectivity index (χ4n) is 11.1. The number of aryl methyl sites for hydroxylation is 1. The number of phenolic OH excluding ortho intramolecular Hbond substituents is 1. The van der Waals surface area contributed by atoms with Gasteiger partial charge in [-0.2, -0.15) is 0 Å². The number of rotatable bonds is 6. The number of aliphatic hydroxyl groups excluding tert-OH is 3. The lowest BCUT2D eigenvalue weighted by Crippen LogP contribution is -3.12. The van der Waals surface area contributed by atoms with Crippen molar-refractivity contribution in [3.63, 3.8) is 0 Å². The topological polar surface area (TPSA) is 172 Å². The van der Waals surface area contributed by atoms with Crippen molar-refractivity contribution in [2.45, 2.75) is 114 Å². The van der Waals surface area contributed by atoms with Gasteiger partial charge in [-0.1, -0.05) is 61.8 Å². The molecule has 7 N–H and O–H groups in total. The number of Topliss-reactive ketones (excluding diaryl/α,β-unsaturated/α-hetero) is 1. The van der Waals surface area contributed by atoms with Gasteiger partial charge in [0, 0.05) is 54.7 Å². The fraction of sp³-hybridized carbons (Fsp3) is 0.479. The predicted molar refractivity (Wildman–Crippen MR) is 220 cm³/mol. The SMILES string of the molecule is C[C@H]1C=C[C@@H]([C@@H](O)CC(=O)CCc2cc3c(cc2O)OC#CC2(CCCC2)[C@H]2C#C[C@H](O)c4ccc5c6c4[C@H](CC[C@@H]6C=N[C@@H]5N)C4=C5C[NH+](C=C5N=C4)[C@H]2O3)[C@H](O)C1. The van der Waals surface area contributed by atoms with Crippen LogP contribution in [0.5, 0.6) is 17.2 Å². The van der Waals surface area contributed by atoms with Crippen LogP contribution >= 0.6 is 0 Å². The van der Waals surface area contributed by atoms with E-state index in [4.69, 9.17) is 20.2 Å². The van der Waals surface area contributed by atoms with E-state index in [1.165, 1.54) is 11.6 Å². The van der Waals surface area contributed by atoms with Crippen LogP contribution in [-0.2, 0) is 11.2 Å². The number of aromatic hydroxyl groups is 1. The number of ether oxygens (including phenoxy) is 2. The van der Waals surface area contributed by atoms with Gasteiger partial charge in [-0.15, -0.1) is 0 Å². The van der Waals surface area contributed by atoms with Gasteiger partial charge in [0.1, 0.15) is 54.3 Å². The van der Waals surface area contributed by atoms with Gasteiger partial charge in [0.15, 0.2) is 11.5 Å². The van der Waals surface area contributed by atoms with Crippen molar-refractivity contribution in [3.05, 3.63) is 87.3 Å². The third kappa shape index (κ3) is 6.65. The van der Waals surface area contributed by atoms with E-state index in [1.807, 2.05) is 43.6 Å². The standard InChI is InChI=1S/C48H50N4O7/c1-26-4-8-31(40(56)18-26)41(57)20-29(53)7-5-27-19-43-42(21-39(27)55)58-17-16-48(14-2-3-15-48)36-12-13-38(54)32-10-11-33-44-28(22-51-46(33)49)6-9-30(45(32)44)34-23-50-37-25-52(24-35(34)37)47(36)59-43/h4,8,10-11,19,21-23,25-26,28,30-31,36,38,40-41,46-47,54-57H,2-3,5-7,9,14-15,18,20,24,49H2,1H3/p+1/t26-,28+,30+,31+,36-,38-,40+,41-,46-,47-/m0/s1. The summed E-state index contributed by atoms with van der Waals surface area (Å²) in [6.07, 6.45) is 15.1. The summed E-state index contributed by atoms with van der Waals surface area (Å²) in [4.78, 5) is 23.8. The van der Waals surface area contributed by atoms with Crippen molar-refractivity contribution in [3.8, 4) is 41.1 Å². The summed E-state index contributed by atoms with van der Waals surface area (Å²) in [5.74, 6) is 10.2. The van der Waals surface area contributed by atoms with Crippen molar-refractivity contribution in [2.75, 3.05) is 6.54 Å². The highest BCUT2D eigenvalue weighted by Gasteiger charge is 2.52. The van der Waals surface area contributed by atoms with Gasteiger partial charge in [-0.25, -0.2) is 0 Å². The largest absolute Gasteiger partial charge is 0.508 e. The molecule has 2 bridgehead atoms. The number of fused-ring (bicyclic) bond motifs is 6. The Labute approximate surface area is 344 Å². The van der Waals surface area contributed by atoms with Gasteiger partial charge in [-0.3, -0.25) is 19.7 Å². The molecule has 2 aromatic rings. The normalized spacial score (nSPS) is 33.1. The van der Waals surface area contributed by atoms with E-state index in [0.29, 0.717) is 24.3 Å². The molecule has 0 aromatic heterocycles. The van der Waals surface area contributed by atoms with Gasteiger partial charge in [0.25, 0.3) is 6.23 Å². The monoisotopic (exact) mass is 795 g/mol. The molecule has 1 fully saturated rings. The second kappa shape index (κ2) is 14.9. The molecule has 0 saturated heterocycles. The number of aliphatic hydroxyl groups is 3. The van der Waals surface area contributed by atoms with Crippen molar-refractivity contribution in [1.29, 1.82) is 0 Å². The number of hydrogen-bond acceptors (Lipinski definition) is 10. The Bertz CT molecular complexity index is 2390. The molecule has 1 unspecified atom stereocenters. The van der Waals surface area contributed by atoms with Gasteiger partial charge in [0.05, 0.1) is 17.6 Å². The molecule has 5 aliphatic heterocycles. The lowest BCUT2D eigenvalue weighted by molar-refractivity contribution is -0.891. The van der Waals surface area contributed by atoms with E-state index in [-0.39, 0.29) is 54.3 Å². The molecule has 3 aliphatic carbocycles.